The van der Waals surface area contributed by atoms with Gasteiger partial charge in [0.25, 0.3) is 0 Å². The van der Waals surface area contributed by atoms with Gasteiger partial charge in [-0.05, 0) is 98.5 Å². The lowest BCUT2D eigenvalue weighted by Crippen LogP contribution is -2.58. The van der Waals surface area contributed by atoms with Crippen molar-refractivity contribution in [3.8, 4) is 0 Å². The molecule has 2 N–H and O–H groups in total. The standard InChI is InChI=1S/C37H49NO4/c1-33(2)23-41-37(42-24-33)18-15-31-32-28(13-17-36(31,40)22-37)30-14-16-35(4,39)34(30,3)20-29(32)27-11-9-25(10-12-27)7-8-26-6-5-19-38-21-26/h5-6,9-12,19,21,28-30,39-40H,7-8,13-18,20,22-24H2,1-4H3/t28?,29-,30?,34+,35?,36?/m1/s1. The number of pyridine rings is 1. The average molecular weight is 572 g/mol. The smallest absolute Gasteiger partial charge is 0.171 e. The Kier molecular flexibility index (Phi) is 6.82. The Morgan fingerprint density at radius 1 is 0.881 bits per heavy atom. The number of rotatable bonds is 4. The van der Waals surface area contributed by atoms with E-state index < -0.39 is 17.0 Å². The van der Waals surface area contributed by atoms with Gasteiger partial charge in [0.15, 0.2) is 5.79 Å². The summed E-state index contributed by atoms with van der Waals surface area (Å²) in [4.78, 5) is 4.27. The van der Waals surface area contributed by atoms with Gasteiger partial charge in [0, 0.05) is 42.0 Å². The van der Waals surface area contributed by atoms with Crippen LogP contribution in [0.1, 0.15) is 102 Å². The van der Waals surface area contributed by atoms with Gasteiger partial charge >= 0.3 is 0 Å². The van der Waals surface area contributed by atoms with E-state index in [9.17, 15) is 10.2 Å². The Labute approximate surface area is 251 Å². The van der Waals surface area contributed by atoms with Crippen LogP contribution in [-0.4, -0.2) is 45.4 Å². The summed E-state index contributed by atoms with van der Waals surface area (Å²) >= 11 is 0. The van der Waals surface area contributed by atoms with Crippen molar-refractivity contribution < 1.29 is 19.7 Å². The molecule has 5 heteroatoms. The minimum atomic E-state index is -0.887. The second-order valence-corrected chi connectivity index (χ2v) is 15.6. The summed E-state index contributed by atoms with van der Waals surface area (Å²) in [5.41, 5.74) is 4.98. The summed E-state index contributed by atoms with van der Waals surface area (Å²) in [6.45, 7) is 10.1. The number of hydrogen-bond acceptors (Lipinski definition) is 5. The lowest BCUT2D eigenvalue weighted by Gasteiger charge is -2.58. The fourth-order valence-corrected chi connectivity index (χ4v) is 9.52. The lowest BCUT2D eigenvalue weighted by molar-refractivity contribution is -0.322. The number of fused-ring (bicyclic) bond motifs is 4. The molecule has 5 nitrogen and oxygen atoms in total. The van der Waals surface area contributed by atoms with Crippen molar-refractivity contribution >= 4 is 0 Å². The summed E-state index contributed by atoms with van der Waals surface area (Å²) < 4.78 is 12.8. The van der Waals surface area contributed by atoms with E-state index in [0.29, 0.717) is 31.5 Å². The molecule has 7 rings (SSSR count). The zero-order valence-electron chi connectivity index (χ0n) is 26.0. The van der Waals surface area contributed by atoms with Gasteiger partial charge in [0.05, 0.1) is 24.4 Å². The molecule has 4 unspecified atom stereocenters. The Bertz CT molecular complexity index is 1340. The molecule has 5 aliphatic rings. The molecule has 0 amide bonds. The van der Waals surface area contributed by atoms with Gasteiger partial charge in [0.1, 0.15) is 0 Å². The summed E-state index contributed by atoms with van der Waals surface area (Å²) in [6.07, 6.45) is 12.5. The molecule has 0 bridgehead atoms. The van der Waals surface area contributed by atoms with E-state index in [2.05, 4.69) is 63.0 Å². The van der Waals surface area contributed by atoms with Crippen LogP contribution in [0.4, 0.5) is 0 Å². The molecule has 1 aromatic heterocycles. The molecular formula is C37H49NO4. The maximum atomic E-state index is 12.4. The first-order valence-electron chi connectivity index (χ1n) is 16.4. The summed E-state index contributed by atoms with van der Waals surface area (Å²) in [6, 6.07) is 13.4. The van der Waals surface area contributed by atoms with Crippen LogP contribution in [0.25, 0.3) is 0 Å². The van der Waals surface area contributed by atoms with Crippen molar-refractivity contribution in [2.45, 2.75) is 115 Å². The fourth-order valence-electron chi connectivity index (χ4n) is 9.52. The summed E-state index contributed by atoms with van der Waals surface area (Å²) in [5, 5.41) is 24.1. The van der Waals surface area contributed by atoms with Crippen LogP contribution in [0.15, 0.2) is 59.9 Å². The van der Waals surface area contributed by atoms with Crippen molar-refractivity contribution in [2.75, 3.05) is 13.2 Å². The highest BCUT2D eigenvalue weighted by Crippen LogP contribution is 2.67. The molecule has 4 fully saturated rings. The van der Waals surface area contributed by atoms with E-state index in [1.165, 1.54) is 27.8 Å². The first-order valence-corrected chi connectivity index (χ1v) is 16.4. The van der Waals surface area contributed by atoms with Crippen LogP contribution < -0.4 is 0 Å². The molecular weight excluding hydrogens is 522 g/mol. The van der Waals surface area contributed by atoms with Gasteiger partial charge in [-0.25, -0.2) is 0 Å². The van der Waals surface area contributed by atoms with Crippen molar-refractivity contribution in [3.63, 3.8) is 0 Å². The topological polar surface area (TPSA) is 71.8 Å². The normalized spacial score (nSPS) is 38.6. The summed E-state index contributed by atoms with van der Waals surface area (Å²) in [5.74, 6) is 0.390. The number of hydrogen-bond donors (Lipinski definition) is 2. The Morgan fingerprint density at radius 3 is 2.33 bits per heavy atom. The van der Waals surface area contributed by atoms with Gasteiger partial charge in [-0.3, -0.25) is 4.98 Å². The van der Waals surface area contributed by atoms with Crippen LogP contribution in [-0.2, 0) is 22.3 Å². The third kappa shape index (κ3) is 4.70. The van der Waals surface area contributed by atoms with Gasteiger partial charge in [-0.2, -0.15) is 0 Å². The molecule has 1 spiro atoms. The molecule has 0 radical (unpaired) electrons. The second kappa shape index (κ2) is 9.99. The van der Waals surface area contributed by atoms with Crippen LogP contribution in [0, 0.1) is 22.7 Å². The van der Waals surface area contributed by atoms with E-state index in [1.807, 2.05) is 18.5 Å². The predicted octanol–water partition coefficient (Wildman–Crippen LogP) is 6.91. The minimum absolute atomic E-state index is 0.00671. The van der Waals surface area contributed by atoms with E-state index in [0.717, 1.165) is 57.8 Å². The average Bonchev–Trinajstić information content (AvgIpc) is 3.21. The fraction of sp³-hybridized carbons (Fsp3) is 0.649. The van der Waals surface area contributed by atoms with Crippen LogP contribution in [0.3, 0.4) is 0 Å². The van der Waals surface area contributed by atoms with E-state index in [4.69, 9.17) is 9.47 Å². The zero-order valence-corrected chi connectivity index (χ0v) is 26.0. The monoisotopic (exact) mass is 571 g/mol. The second-order valence-electron chi connectivity index (χ2n) is 15.6. The van der Waals surface area contributed by atoms with Gasteiger partial charge < -0.3 is 19.7 Å². The molecule has 1 aromatic carbocycles. The van der Waals surface area contributed by atoms with Crippen molar-refractivity contribution in [2.24, 2.45) is 22.7 Å². The molecule has 6 atom stereocenters. The first-order chi connectivity index (χ1) is 19.9. The Hall–Kier alpha value is -2.05. The van der Waals surface area contributed by atoms with Crippen molar-refractivity contribution in [3.05, 3.63) is 76.6 Å². The summed E-state index contributed by atoms with van der Waals surface area (Å²) in [7, 11) is 0. The largest absolute Gasteiger partial charge is 0.390 e. The van der Waals surface area contributed by atoms with E-state index in [1.54, 1.807) is 0 Å². The maximum Gasteiger partial charge on any atom is 0.171 e. The molecule has 1 saturated heterocycles. The molecule has 4 aliphatic carbocycles. The SMILES string of the molecule is CC1(C)COC2(CCC3=C4C(CCC3(O)C2)C2CCC(C)(O)[C@@]2(C)C[C@@H]4c2ccc(CCc3cccnc3)cc2)OC1. The zero-order chi connectivity index (χ0) is 29.4. The number of allylic oxidation sites excluding steroid dienone is 1. The molecule has 1 aliphatic heterocycles. The minimum Gasteiger partial charge on any atom is -0.390 e. The van der Waals surface area contributed by atoms with Gasteiger partial charge in [0.2, 0.25) is 0 Å². The van der Waals surface area contributed by atoms with Crippen molar-refractivity contribution in [1.82, 2.24) is 4.98 Å². The molecule has 226 valence electrons. The van der Waals surface area contributed by atoms with Crippen molar-refractivity contribution in [1.29, 1.82) is 0 Å². The molecule has 2 aromatic rings. The number of nitrogens with zero attached hydrogens (tertiary/aromatic N) is 1. The van der Waals surface area contributed by atoms with Gasteiger partial charge in [-0.1, -0.05) is 56.7 Å². The Morgan fingerprint density at radius 2 is 1.62 bits per heavy atom. The van der Waals surface area contributed by atoms with Crippen LogP contribution in [0.5, 0.6) is 0 Å². The third-order valence-corrected chi connectivity index (χ3v) is 12.2. The Balaban J connectivity index is 1.23. The quantitative estimate of drug-likeness (QED) is 0.390. The number of aromatic nitrogens is 1. The highest BCUT2D eigenvalue weighted by Gasteiger charge is 2.63. The molecule has 3 saturated carbocycles. The first kappa shape index (κ1) is 28.7. The molecule has 2 heterocycles. The van der Waals surface area contributed by atoms with E-state index >= 15 is 0 Å². The number of ether oxygens (including phenoxy) is 2. The number of benzene rings is 1. The highest BCUT2D eigenvalue weighted by atomic mass is 16.7. The lowest BCUT2D eigenvalue weighted by atomic mass is 9.50. The van der Waals surface area contributed by atoms with Gasteiger partial charge in [-0.15, -0.1) is 0 Å². The number of aliphatic hydroxyl groups is 2. The highest BCUT2D eigenvalue weighted by molar-refractivity contribution is 5.44. The number of aryl methyl sites for hydroxylation is 2. The van der Waals surface area contributed by atoms with Crippen LogP contribution >= 0.6 is 0 Å². The molecule has 42 heavy (non-hydrogen) atoms. The van der Waals surface area contributed by atoms with E-state index in [-0.39, 0.29) is 16.7 Å². The van der Waals surface area contributed by atoms with Crippen LogP contribution in [0.2, 0.25) is 0 Å². The maximum absolute atomic E-state index is 12.4. The predicted molar refractivity (Wildman–Crippen MR) is 164 cm³/mol. The third-order valence-electron chi connectivity index (χ3n) is 12.2.